The highest BCUT2D eigenvalue weighted by Gasteiger charge is 2.10. The van der Waals surface area contributed by atoms with Crippen molar-refractivity contribution in [3.63, 3.8) is 0 Å². The third kappa shape index (κ3) is 4.74. The van der Waals surface area contributed by atoms with Crippen molar-refractivity contribution in [2.75, 3.05) is 19.0 Å². The van der Waals surface area contributed by atoms with Crippen molar-refractivity contribution >= 4 is 34.0 Å². The third-order valence-corrected chi connectivity index (χ3v) is 2.97. The van der Waals surface area contributed by atoms with Crippen LogP contribution in [0.15, 0.2) is 4.99 Å². The first-order chi connectivity index (χ1) is 6.33. The van der Waals surface area contributed by atoms with Gasteiger partial charge in [0.2, 0.25) is 0 Å². The van der Waals surface area contributed by atoms with Crippen LogP contribution in [0.4, 0.5) is 0 Å². The molecule has 0 aromatic rings. The first kappa shape index (κ1) is 11.1. The van der Waals surface area contributed by atoms with E-state index in [0.717, 1.165) is 42.5 Å². The quantitative estimate of drug-likeness (QED) is 0.504. The summed E-state index contributed by atoms with van der Waals surface area (Å²) in [6, 6.07) is 0. The van der Waals surface area contributed by atoms with Crippen LogP contribution in [0.5, 0.6) is 0 Å². The van der Waals surface area contributed by atoms with E-state index < -0.39 is 0 Å². The van der Waals surface area contributed by atoms with Gasteiger partial charge in [-0.2, -0.15) is 0 Å². The smallest absolute Gasteiger partial charge is 0.160 e. The van der Waals surface area contributed by atoms with Gasteiger partial charge in [0.1, 0.15) is 0 Å². The summed E-state index contributed by atoms with van der Waals surface area (Å²) >= 11 is 6.62. The van der Waals surface area contributed by atoms with Crippen molar-refractivity contribution in [3.8, 4) is 0 Å². The second kappa shape index (κ2) is 6.51. The van der Waals surface area contributed by atoms with Crippen LogP contribution in [0, 0.1) is 0 Å². The van der Waals surface area contributed by atoms with E-state index in [0.29, 0.717) is 0 Å². The molecule has 0 aliphatic carbocycles. The minimum atomic E-state index is 0.796. The summed E-state index contributed by atoms with van der Waals surface area (Å²) < 4.78 is 6.17. The van der Waals surface area contributed by atoms with E-state index in [-0.39, 0.29) is 0 Å². The van der Waals surface area contributed by atoms with Crippen LogP contribution in [-0.4, -0.2) is 29.0 Å². The number of nitrogens with zero attached hydrogens (tertiary/aromatic N) is 1. The molecule has 0 aromatic carbocycles. The summed E-state index contributed by atoms with van der Waals surface area (Å²) in [4.78, 5) is 4.26. The fourth-order valence-corrected chi connectivity index (χ4v) is 2.09. The van der Waals surface area contributed by atoms with E-state index in [2.05, 4.69) is 11.9 Å². The van der Waals surface area contributed by atoms with Crippen molar-refractivity contribution in [1.29, 1.82) is 0 Å². The van der Waals surface area contributed by atoms with Crippen LogP contribution >= 0.6 is 24.0 Å². The highest BCUT2D eigenvalue weighted by Crippen LogP contribution is 2.16. The molecule has 1 aliphatic heterocycles. The molecule has 0 aromatic heterocycles. The maximum absolute atomic E-state index is 5.37. The first-order valence-corrected chi connectivity index (χ1v) is 6.03. The standard InChI is InChI=1S/C9H15NOS2/c1-2-5-11-6-3-4-8-7-13-9(12)10-8/h2-7H2,1H3. The summed E-state index contributed by atoms with van der Waals surface area (Å²) in [6.45, 7) is 3.85. The molecule has 0 fully saturated rings. The van der Waals surface area contributed by atoms with Crippen molar-refractivity contribution in [3.05, 3.63) is 0 Å². The van der Waals surface area contributed by atoms with Crippen molar-refractivity contribution in [2.45, 2.75) is 26.2 Å². The van der Waals surface area contributed by atoms with Gasteiger partial charge in [0, 0.05) is 24.7 Å². The van der Waals surface area contributed by atoms with Gasteiger partial charge in [-0.25, -0.2) is 4.99 Å². The number of thiocarbonyl (C=S) groups is 1. The molecule has 0 saturated carbocycles. The second-order valence-electron chi connectivity index (χ2n) is 2.95. The Balaban J connectivity index is 2.00. The molecular formula is C9H15NOS2. The summed E-state index contributed by atoms with van der Waals surface area (Å²) in [7, 11) is 0. The molecule has 0 bridgehead atoms. The molecule has 1 rings (SSSR count). The number of hydrogen-bond donors (Lipinski definition) is 0. The molecule has 0 spiro atoms. The van der Waals surface area contributed by atoms with Crippen LogP contribution in [-0.2, 0) is 4.74 Å². The number of hydrogen-bond acceptors (Lipinski definition) is 3. The van der Waals surface area contributed by atoms with E-state index in [4.69, 9.17) is 17.0 Å². The Labute approximate surface area is 89.1 Å². The monoisotopic (exact) mass is 217 g/mol. The molecule has 0 N–H and O–H groups in total. The van der Waals surface area contributed by atoms with Crippen LogP contribution < -0.4 is 0 Å². The average molecular weight is 217 g/mol. The molecule has 13 heavy (non-hydrogen) atoms. The van der Waals surface area contributed by atoms with Crippen LogP contribution in [0.25, 0.3) is 0 Å². The number of ether oxygens (including phenoxy) is 1. The van der Waals surface area contributed by atoms with E-state index in [1.165, 1.54) is 5.71 Å². The highest BCUT2D eigenvalue weighted by molar-refractivity contribution is 8.23. The molecule has 0 saturated heterocycles. The predicted octanol–water partition coefficient (Wildman–Crippen LogP) is 2.67. The Kier molecular flexibility index (Phi) is 5.58. The maximum atomic E-state index is 5.37. The molecular weight excluding hydrogens is 202 g/mol. The molecule has 0 radical (unpaired) electrons. The zero-order chi connectivity index (χ0) is 9.52. The van der Waals surface area contributed by atoms with Gasteiger partial charge < -0.3 is 4.74 Å². The summed E-state index contributed by atoms with van der Waals surface area (Å²) in [5.74, 6) is 0.993. The van der Waals surface area contributed by atoms with Gasteiger partial charge in [-0.1, -0.05) is 30.9 Å². The fraction of sp³-hybridized carbons (Fsp3) is 0.778. The minimum absolute atomic E-state index is 0.796. The van der Waals surface area contributed by atoms with E-state index >= 15 is 0 Å². The third-order valence-electron chi connectivity index (χ3n) is 1.71. The van der Waals surface area contributed by atoms with E-state index in [1.807, 2.05) is 0 Å². The molecule has 1 heterocycles. The lowest BCUT2D eigenvalue weighted by Gasteiger charge is -2.01. The normalized spacial score (nSPS) is 16.4. The Morgan fingerprint density at radius 3 is 3.00 bits per heavy atom. The molecule has 74 valence electrons. The summed E-state index contributed by atoms with van der Waals surface area (Å²) in [5, 5.41) is 0. The van der Waals surface area contributed by atoms with Crippen LogP contribution in [0.2, 0.25) is 0 Å². The second-order valence-corrected chi connectivity index (χ2v) is 4.56. The molecule has 1 aliphatic rings. The highest BCUT2D eigenvalue weighted by atomic mass is 32.2. The largest absolute Gasteiger partial charge is 0.381 e. The average Bonchev–Trinajstić information content (AvgIpc) is 2.51. The lowest BCUT2D eigenvalue weighted by atomic mass is 10.2. The lowest BCUT2D eigenvalue weighted by Crippen LogP contribution is -2.02. The van der Waals surface area contributed by atoms with Crippen LogP contribution in [0.3, 0.4) is 0 Å². The van der Waals surface area contributed by atoms with Crippen molar-refractivity contribution in [1.82, 2.24) is 0 Å². The van der Waals surface area contributed by atoms with Crippen LogP contribution in [0.1, 0.15) is 26.2 Å². The van der Waals surface area contributed by atoms with Gasteiger partial charge in [-0.3, -0.25) is 0 Å². The van der Waals surface area contributed by atoms with Gasteiger partial charge >= 0.3 is 0 Å². The topological polar surface area (TPSA) is 21.6 Å². The minimum Gasteiger partial charge on any atom is -0.381 e. The summed E-state index contributed by atoms with van der Waals surface area (Å²) in [5.41, 5.74) is 1.23. The summed E-state index contributed by atoms with van der Waals surface area (Å²) in [6.07, 6.45) is 3.21. The molecule has 4 heteroatoms. The Hall–Kier alpha value is 0.0700. The first-order valence-electron chi connectivity index (χ1n) is 4.64. The lowest BCUT2D eigenvalue weighted by molar-refractivity contribution is 0.133. The number of thioether (sulfide) groups is 1. The zero-order valence-electron chi connectivity index (χ0n) is 7.91. The van der Waals surface area contributed by atoms with Crippen molar-refractivity contribution < 1.29 is 4.74 Å². The van der Waals surface area contributed by atoms with Gasteiger partial charge in [0.15, 0.2) is 4.32 Å². The maximum Gasteiger partial charge on any atom is 0.160 e. The van der Waals surface area contributed by atoms with Gasteiger partial charge in [-0.05, 0) is 19.3 Å². The van der Waals surface area contributed by atoms with Gasteiger partial charge in [0.05, 0.1) is 0 Å². The van der Waals surface area contributed by atoms with Gasteiger partial charge in [-0.15, -0.1) is 0 Å². The van der Waals surface area contributed by atoms with Gasteiger partial charge in [0.25, 0.3) is 0 Å². The predicted molar refractivity (Wildman–Crippen MR) is 62.8 cm³/mol. The molecule has 0 amide bonds. The Morgan fingerprint density at radius 2 is 2.38 bits per heavy atom. The Bertz CT molecular complexity index is 204. The molecule has 0 atom stereocenters. The molecule has 0 unspecified atom stereocenters. The van der Waals surface area contributed by atoms with E-state index in [1.54, 1.807) is 11.8 Å². The zero-order valence-corrected chi connectivity index (χ0v) is 9.55. The molecule has 2 nitrogen and oxygen atoms in total. The number of aliphatic imine (C=N–C) groups is 1. The van der Waals surface area contributed by atoms with Crippen molar-refractivity contribution in [2.24, 2.45) is 4.99 Å². The Morgan fingerprint density at radius 1 is 1.54 bits per heavy atom. The number of rotatable bonds is 6. The van der Waals surface area contributed by atoms with E-state index in [9.17, 15) is 0 Å². The fourth-order valence-electron chi connectivity index (χ4n) is 1.09. The SMILES string of the molecule is CCCOCCCC1=NC(=S)SC1.